The molecule has 1 fully saturated rings. The van der Waals surface area contributed by atoms with Crippen molar-refractivity contribution in [1.82, 2.24) is 9.55 Å². The van der Waals surface area contributed by atoms with Crippen molar-refractivity contribution >= 4 is 0 Å². The maximum absolute atomic E-state index is 11.5. The van der Waals surface area contributed by atoms with Crippen molar-refractivity contribution in [1.29, 1.82) is 0 Å². The number of aromatic nitrogens is 2. The SMILES string of the molecule is Cc1ccc(C2(Cn3cc[nH]c3=O)CC2)cc1. The molecule has 1 aliphatic rings. The van der Waals surface area contributed by atoms with Gasteiger partial charge in [-0.15, -0.1) is 0 Å². The Hall–Kier alpha value is -1.77. The van der Waals surface area contributed by atoms with Crippen LogP contribution in [0.2, 0.25) is 0 Å². The van der Waals surface area contributed by atoms with Crippen LogP contribution in [0.4, 0.5) is 0 Å². The average Bonchev–Trinajstić information content (AvgIpc) is 2.99. The molecule has 0 spiro atoms. The van der Waals surface area contributed by atoms with Crippen LogP contribution in [-0.4, -0.2) is 9.55 Å². The Balaban J connectivity index is 1.90. The molecule has 1 saturated carbocycles. The Morgan fingerprint density at radius 1 is 1.29 bits per heavy atom. The van der Waals surface area contributed by atoms with Crippen molar-refractivity contribution in [2.24, 2.45) is 0 Å². The van der Waals surface area contributed by atoms with Gasteiger partial charge < -0.3 is 4.98 Å². The van der Waals surface area contributed by atoms with Crippen LogP contribution in [0, 0.1) is 6.92 Å². The largest absolute Gasteiger partial charge is 0.325 e. The number of nitrogens with zero attached hydrogens (tertiary/aromatic N) is 1. The van der Waals surface area contributed by atoms with Gasteiger partial charge in [-0.1, -0.05) is 29.8 Å². The Morgan fingerprint density at radius 3 is 2.53 bits per heavy atom. The van der Waals surface area contributed by atoms with E-state index in [2.05, 4.69) is 36.2 Å². The van der Waals surface area contributed by atoms with E-state index in [1.807, 2.05) is 6.20 Å². The highest BCUT2D eigenvalue weighted by Crippen LogP contribution is 2.49. The third-order valence-electron chi connectivity index (χ3n) is 3.71. The van der Waals surface area contributed by atoms with Gasteiger partial charge in [0, 0.05) is 24.4 Å². The number of nitrogens with one attached hydrogen (secondary N) is 1. The number of imidazole rings is 1. The average molecular weight is 228 g/mol. The zero-order valence-corrected chi connectivity index (χ0v) is 9.94. The number of hydrogen-bond donors (Lipinski definition) is 1. The van der Waals surface area contributed by atoms with Gasteiger partial charge in [0.2, 0.25) is 0 Å². The Bertz CT molecular complexity index is 573. The van der Waals surface area contributed by atoms with Crippen LogP contribution in [0.1, 0.15) is 24.0 Å². The number of H-pyrrole nitrogens is 1. The molecule has 0 aliphatic heterocycles. The Kier molecular flexibility index (Phi) is 2.21. The zero-order valence-electron chi connectivity index (χ0n) is 9.94. The first-order chi connectivity index (χ1) is 8.20. The normalized spacial score (nSPS) is 17.0. The smallest absolute Gasteiger partial charge is 0.313 e. The van der Waals surface area contributed by atoms with Gasteiger partial charge in [0.05, 0.1) is 0 Å². The van der Waals surface area contributed by atoms with E-state index in [9.17, 15) is 4.79 Å². The summed E-state index contributed by atoms with van der Waals surface area (Å²) in [5, 5.41) is 0. The molecule has 1 aromatic heterocycles. The van der Waals surface area contributed by atoms with Gasteiger partial charge >= 0.3 is 5.69 Å². The molecule has 3 nitrogen and oxygen atoms in total. The van der Waals surface area contributed by atoms with Crippen molar-refractivity contribution in [2.75, 3.05) is 0 Å². The van der Waals surface area contributed by atoms with E-state index >= 15 is 0 Å². The lowest BCUT2D eigenvalue weighted by atomic mass is 9.95. The topological polar surface area (TPSA) is 37.8 Å². The minimum Gasteiger partial charge on any atom is -0.313 e. The van der Waals surface area contributed by atoms with Gasteiger partial charge in [-0.2, -0.15) is 0 Å². The fraction of sp³-hybridized carbons (Fsp3) is 0.357. The predicted molar refractivity (Wildman–Crippen MR) is 67.1 cm³/mol. The molecule has 88 valence electrons. The van der Waals surface area contributed by atoms with Gasteiger partial charge in [-0.05, 0) is 25.3 Å². The summed E-state index contributed by atoms with van der Waals surface area (Å²) in [5.41, 5.74) is 2.82. The lowest BCUT2D eigenvalue weighted by Crippen LogP contribution is -2.24. The van der Waals surface area contributed by atoms with Crippen LogP contribution in [0.25, 0.3) is 0 Å². The molecule has 0 radical (unpaired) electrons. The molecule has 1 heterocycles. The highest BCUT2D eigenvalue weighted by atomic mass is 16.1. The van der Waals surface area contributed by atoms with Crippen LogP contribution in [-0.2, 0) is 12.0 Å². The number of rotatable bonds is 3. The van der Waals surface area contributed by atoms with Crippen LogP contribution in [0.5, 0.6) is 0 Å². The van der Waals surface area contributed by atoms with Gasteiger partial charge in [0.25, 0.3) is 0 Å². The van der Waals surface area contributed by atoms with E-state index < -0.39 is 0 Å². The quantitative estimate of drug-likeness (QED) is 0.859. The third kappa shape index (κ3) is 1.82. The highest BCUT2D eigenvalue weighted by Gasteiger charge is 2.44. The second-order valence-electron chi connectivity index (χ2n) is 5.04. The second-order valence-corrected chi connectivity index (χ2v) is 5.04. The fourth-order valence-corrected chi connectivity index (χ4v) is 2.40. The van der Waals surface area contributed by atoms with E-state index in [0.717, 1.165) is 6.54 Å². The molecule has 0 saturated heterocycles. The predicted octanol–water partition coefficient (Wildman–Crippen LogP) is 2.22. The summed E-state index contributed by atoms with van der Waals surface area (Å²) in [6.45, 7) is 2.89. The Morgan fingerprint density at radius 2 is 2.00 bits per heavy atom. The van der Waals surface area contributed by atoms with Crippen LogP contribution in [0.15, 0.2) is 41.5 Å². The summed E-state index contributed by atoms with van der Waals surface area (Å²) in [4.78, 5) is 14.2. The van der Waals surface area contributed by atoms with E-state index in [4.69, 9.17) is 0 Å². The molecule has 3 rings (SSSR count). The lowest BCUT2D eigenvalue weighted by molar-refractivity contribution is 0.535. The maximum atomic E-state index is 11.5. The summed E-state index contributed by atoms with van der Waals surface area (Å²) in [7, 11) is 0. The van der Waals surface area contributed by atoms with Crippen molar-refractivity contribution in [3.63, 3.8) is 0 Å². The molecule has 1 aromatic carbocycles. The van der Waals surface area contributed by atoms with Crippen molar-refractivity contribution in [3.8, 4) is 0 Å². The third-order valence-corrected chi connectivity index (χ3v) is 3.71. The molecule has 3 heteroatoms. The van der Waals surface area contributed by atoms with E-state index in [1.54, 1.807) is 10.8 Å². The highest BCUT2D eigenvalue weighted by molar-refractivity contribution is 5.33. The van der Waals surface area contributed by atoms with Gasteiger partial charge in [0.1, 0.15) is 0 Å². The van der Waals surface area contributed by atoms with Crippen molar-refractivity contribution < 1.29 is 0 Å². The molecule has 1 N–H and O–H groups in total. The van der Waals surface area contributed by atoms with Crippen LogP contribution in [0.3, 0.4) is 0 Å². The Labute approximate surface area is 100 Å². The number of hydrogen-bond acceptors (Lipinski definition) is 1. The fourth-order valence-electron chi connectivity index (χ4n) is 2.40. The summed E-state index contributed by atoms with van der Waals surface area (Å²) < 4.78 is 1.77. The molecular weight excluding hydrogens is 212 g/mol. The zero-order chi connectivity index (χ0) is 11.9. The molecule has 0 unspecified atom stereocenters. The minimum atomic E-state index is -0.0108. The van der Waals surface area contributed by atoms with Gasteiger partial charge in [0.15, 0.2) is 0 Å². The molecule has 0 bridgehead atoms. The van der Waals surface area contributed by atoms with Gasteiger partial charge in [-0.25, -0.2) is 4.79 Å². The second kappa shape index (κ2) is 3.62. The summed E-state index contributed by atoms with van der Waals surface area (Å²) >= 11 is 0. The van der Waals surface area contributed by atoms with Gasteiger partial charge in [-0.3, -0.25) is 4.57 Å². The van der Waals surface area contributed by atoms with Crippen LogP contribution >= 0.6 is 0 Å². The van der Waals surface area contributed by atoms with E-state index in [0.29, 0.717) is 0 Å². The molecule has 0 amide bonds. The number of aromatic amines is 1. The number of benzene rings is 1. The summed E-state index contributed by atoms with van der Waals surface area (Å²) in [6.07, 6.45) is 5.88. The number of aryl methyl sites for hydroxylation is 1. The first kappa shape index (κ1) is 10.4. The van der Waals surface area contributed by atoms with Crippen LogP contribution < -0.4 is 5.69 Å². The first-order valence-electron chi connectivity index (χ1n) is 6.01. The molecule has 1 aliphatic carbocycles. The molecule has 2 aromatic rings. The molecular formula is C14H16N2O. The molecule has 17 heavy (non-hydrogen) atoms. The first-order valence-corrected chi connectivity index (χ1v) is 6.01. The standard InChI is InChI=1S/C14H16N2O/c1-11-2-4-12(5-3-11)14(6-7-14)10-16-9-8-15-13(16)17/h2-5,8-9H,6-7,10H2,1H3,(H,15,17). The maximum Gasteiger partial charge on any atom is 0.325 e. The van der Waals surface area contributed by atoms with E-state index in [-0.39, 0.29) is 11.1 Å². The summed E-state index contributed by atoms with van der Waals surface area (Å²) in [6, 6.07) is 8.69. The van der Waals surface area contributed by atoms with E-state index in [1.165, 1.54) is 24.0 Å². The lowest BCUT2D eigenvalue weighted by Gasteiger charge is -2.16. The minimum absolute atomic E-state index is 0.0108. The van der Waals surface area contributed by atoms with Crippen molar-refractivity contribution in [2.45, 2.75) is 31.7 Å². The molecule has 0 atom stereocenters. The van der Waals surface area contributed by atoms with Crippen molar-refractivity contribution in [3.05, 3.63) is 58.3 Å². The monoisotopic (exact) mass is 228 g/mol. The summed E-state index contributed by atoms with van der Waals surface area (Å²) in [5.74, 6) is 0.